The first-order valence-electron chi connectivity index (χ1n) is 7.22. The summed E-state index contributed by atoms with van der Waals surface area (Å²) in [4.78, 5) is 24.7. The molecule has 21 heavy (non-hydrogen) atoms. The van der Waals surface area contributed by atoms with Crippen LogP contribution in [-0.2, 0) is 4.79 Å². The Bertz CT molecular complexity index is 527. The van der Waals surface area contributed by atoms with Crippen LogP contribution in [0.25, 0.3) is 0 Å². The number of piperidine rings is 1. The van der Waals surface area contributed by atoms with Gasteiger partial charge >= 0.3 is 0 Å². The summed E-state index contributed by atoms with van der Waals surface area (Å²) in [5.41, 5.74) is 0.707. The Kier molecular flexibility index (Phi) is 4.90. The van der Waals surface area contributed by atoms with Crippen LogP contribution in [0, 0.1) is 10.1 Å². The third-order valence-corrected chi connectivity index (χ3v) is 4.12. The smallest absolute Gasteiger partial charge is 0.269 e. The van der Waals surface area contributed by atoms with E-state index >= 15 is 0 Å². The number of carbonyl (C=O) groups excluding carboxylic acids is 1. The molecule has 0 aliphatic carbocycles. The molecule has 1 aromatic rings. The number of hydrogen-bond donors (Lipinski definition) is 1. The van der Waals surface area contributed by atoms with Crippen molar-refractivity contribution in [1.29, 1.82) is 0 Å². The minimum Gasteiger partial charge on any atom is -0.341 e. The van der Waals surface area contributed by atoms with Gasteiger partial charge in [0.1, 0.15) is 0 Å². The molecule has 1 aromatic carbocycles. The van der Waals surface area contributed by atoms with Crippen molar-refractivity contribution in [2.75, 3.05) is 20.1 Å². The average Bonchev–Trinajstić information content (AvgIpc) is 2.53. The van der Waals surface area contributed by atoms with Crippen molar-refractivity contribution in [2.45, 2.75) is 31.7 Å². The molecule has 0 saturated carbocycles. The second-order valence-corrected chi connectivity index (χ2v) is 5.52. The molecule has 0 spiro atoms. The van der Waals surface area contributed by atoms with E-state index in [9.17, 15) is 14.9 Å². The SMILES string of the molecule is CC(C(=O)N(C)C1CCCNC1)c1cccc([N+](=O)[O-])c1. The van der Waals surface area contributed by atoms with Gasteiger partial charge in [-0.15, -0.1) is 0 Å². The molecule has 0 aromatic heterocycles. The van der Waals surface area contributed by atoms with Crippen LogP contribution in [0.15, 0.2) is 24.3 Å². The molecule has 2 atom stereocenters. The summed E-state index contributed by atoms with van der Waals surface area (Å²) in [5, 5.41) is 14.1. The van der Waals surface area contributed by atoms with Crippen molar-refractivity contribution in [1.82, 2.24) is 10.2 Å². The standard InChI is InChI=1S/C15H21N3O3/c1-11(12-5-3-6-13(9-12)18(20)21)15(19)17(2)14-7-4-8-16-10-14/h3,5-6,9,11,14,16H,4,7-8,10H2,1-2H3. The molecule has 114 valence electrons. The van der Waals surface area contributed by atoms with Gasteiger partial charge in [-0.2, -0.15) is 0 Å². The normalized spacial score (nSPS) is 19.8. The number of nitro benzene ring substituents is 1. The number of carbonyl (C=O) groups is 1. The van der Waals surface area contributed by atoms with Gasteiger partial charge in [0.25, 0.3) is 5.69 Å². The second kappa shape index (κ2) is 6.67. The van der Waals surface area contributed by atoms with E-state index in [0.29, 0.717) is 5.56 Å². The number of nitrogens with zero attached hydrogens (tertiary/aromatic N) is 2. The third kappa shape index (κ3) is 3.58. The number of benzene rings is 1. The first-order valence-corrected chi connectivity index (χ1v) is 7.22. The van der Waals surface area contributed by atoms with Crippen LogP contribution < -0.4 is 5.32 Å². The van der Waals surface area contributed by atoms with E-state index in [2.05, 4.69) is 5.32 Å². The van der Waals surface area contributed by atoms with Crippen molar-refractivity contribution >= 4 is 11.6 Å². The van der Waals surface area contributed by atoms with Gasteiger partial charge in [-0.1, -0.05) is 12.1 Å². The van der Waals surface area contributed by atoms with E-state index < -0.39 is 4.92 Å². The summed E-state index contributed by atoms with van der Waals surface area (Å²) < 4.78 is 0. The fourth-order valence-corrected chi connectivity index (χ4v) is 2.70. The Balaban J connectivity index is 2.10. The maximum Gasteiger partial charge on any atom is 0.269 e. The molecule has 1 N–H and O–H groups in total. The van der Waals surface area contributed by atoms with Gasteiger partial charge in [0, 0.05) is 31.8 Å². The minimum absolute atomic E-state index is 0.00389. The third-order valence-electron chi connectivity index (χ3n) is 4.12. The first-order chi connectivity index (χ1) is 10.0. The number of amides is 1. The quantitative estimate of drug-likeness (QED) is 0.679. The number of nitrogens with one attached hydrogen (secondary N) is 1. The topological polar surface area (TPSA) is 75.5 Å². The number of rotatable bonds is 4. The van der Waals surface area contributed by atoms with Crippen LogP contribution in [0.1, 0.15) is 31.2 Å². The fourth-order valence-electron chi connectivity index (χ4n) is 2.70. The van der Waals surface area contributed by atoms with Crippen molar-refractivity contribution in [3.8, 4) is 0 Å². The lowest BCUT2D eigenvalue weighted by molar-refractivity contribution is -0.384. The number of non-ortho nitro benzene ring substituents is 1. The maximum absolute atomic E-state index is 12.6. The molecule has 0 radical (unpaired) electrons. The number of likely N-dealkylation sites (N-methyl/N-ethyl adjacent to an activating group) is 1. The molecule has 1 fully saturated rings. The molecule has 6 heteroatoms. The van der Waals surface area contributed by atoms with E-state index in [0.717, 1.165) is 25.9 Å². The molecule has 6 nitrogen and oxygen atoms in total. The van der Waals surface area contributed by atoms with E-state index in [1.165, 1.54) is 12.1 Å². The summed E-state index contributed by atoms with van der Waals surface area (Å²) in [6.07, 6.45) is 2.06. The molecule has 1 heterocycles. The summed E-state index contributed by atoms with van der Waals surface area (Å²) in [6, 6.07) is 6.51. The number of hydrogen-bond acceptors (Lipinski definition) is 4. The Labute approximate surface area is 124 Å². The molecular formula is C15H21N3O3. The molecule has 1 saturated heterocycles. The zero-order chi connectivity index (χ0) is 15.4. The van der Waals surface area contributed by atoms with Gasteiger partial charge in [-0.05, 0) is 31.9 Å². The van der Waals surface area contributed by atoms with Gasteiger partial charge in [-0.25, -0.2) is 0 Å². The van der Waals surface area contributed by atoms with E-state index in [1.807, 2.05) is 7.05 Å². The van der Waals surface area contributed by atoms with Crippen LogP contribution in [0.4, 0.5) is 5.69 Å². The van der Waals surface area contributed by atoms with Crippen LogP contribution >= 0.6 is 0 Å². The molecule has 1 amide bonds. The second-order valence-electron chi connectivity index (χ2n) is 5.52. The van der Waals surface area contributed by atoms with Crippen molar-refractivity contribution < 1.29 is 9.72 Å². The maximum atomic E-state index is 12.6. The molecule has 2 rings (SSSR count). The van der Waals surface area contributed by atoms with Gasteiger partial charge < -0.3 is 10.2 Å². The summed E-state index contributed by atoms with van der Waals surface area (Å²) in [5.74, 6) is -0.374. The van der Waals surface area contributed by atoms with E-state index in [-0.39, 0.29) is 23.6 Å². The zero-order valence-electron chi connectivity index (χ0n) is 12.4. The number of nitro groups is 1. The average molecular weight is 291 g/mol. The Morgan fingerprint density at radius 3 is 2.90 bits per heavy atom. The highest BCUT2D eigenvalue weighted by Crippen LogP contribution is 2.23. The van der Waals surface area contributed by atoms with Gasteiger partial charge in [0.05, 0.1) is 10.8 Å². The molecule has 2 unspecified atom stereocenters. The van der Waals surface area contributed by atoms with Crippen LogP contribution in [0.3, 0.4) is 0 Å². The zero-order valence-corrected chi connectivity index (χ0v) is 12.4. The van der Waals surface area contributed by atoms with E-state index in [1.54, 1.807) is 24.0 Å². The van der Waals surface area contributed by atoms with Gasteiger partial charge in [-0.3, -0.25) is 14.9 Å². The Hall–Kier alpha value is -1.95. The molecule has 1 aliphatic rings. The first kappa shape index (κ1) is 15.4. The Morgan fingerprint density at radius 1 is 1.52 bits per heavy atom. The lowest BCUT2D eigenvalue weighted by atomic mass is 9.97. The lowest BCUT2D eigenvalue weighted by Gasteiger charge is -2.33. The summed E-state index contributed by atoms with van der Waals surface area (Å²) in [6.45, 7) is 3.61. The highest BCUT2D eigenvalue weighted by molar-refractivity contribution is 5.83. The highest BCUT2D eigenvalue weighted by Gasteiger charge is 2.26. The van der Waals surface area contributed by atoms with Crippen molar-refractivity contribution in [3.63, 3.8) is 0 Å². The fraction of sp³-hybridized carbons (Fsp3) is 0.533. The Morgan fingerprint density at radius 2 is 2.29 bits per heavy atom. The lowest BCUT2D eigenvalue weighted by Crippen LogP contribution is -2.47. The van der Waals surface area contributed by atoms with Crippen molar-refractivity contribution in [2.24, 2.45) is 0 Å². The van der Waals surface area contributed by atoms with E-state index in [4.69, 9.17) is 0 Å². The predicted octanol–water partition coefficient (Wildman–Crippen LogP) is 1.91. The molecule has 0 bridgehead atoms. The van der Waals surface area contributed by atoms with Crippen LogP contribution in [0.5, 0.6) is 0 Å². The van der Waals surface area contributed by atoms with Gasteiger partial charge in [0.15, 0.2) is 0 Å². The predicted molar refractivity (Wildman–Crippen MR) is 80.2 cm³/mol. The van der Waals surface area contributed by atoms with Crippen molar-refractivity contribution in [3.05, 3.63) is 39.9 Å². The highest BCUT2D eigenvalue weighted by atomic mass is 16.6. The molecular weight excluding hydrogens is 270 g/mol. The van der Waals surface area contributed by atoms with Crippen LogP contribution in [-0.4, -0.2) is 41.9 Å². The minimum atomic E-state index is -0.435. The van der Waals surface area contributed by atoms with Gasteiger partial charge in [0.2, 0.25) is 5.91 Å². The largest absolute Gasteiger partial charge is 0.341 e. The van der Waals surface area contributed by atoms with Crippen LogP contribution in [0.2, 0.25) is 0 Å². The monoisotopic (exact) mass is 291 g/mol. The summed E-state index contributed by atoms with van der Waals surface area (Å²) in [7, 11) is 1.81. The summed E-state index contributed by atoms with van der Waals surface area (Å²) >= 11 is 0. The molecule has 1 aliphatic heterocycles.